The average Bonchev–Trinajstić information content (AvgIpc) is 2.36. The van der Waals surface area contributed by atoms with Crippen molar-refractivity contribution in [2.45, 2.75) is 18.3 Å². The molecule has 5 heteroatoms. The Hall–Kier alpha value is -0.840. The summed E-state index contributed by atoms with van der Waals surface area (Å²) in [5, 5.41) is 3.14. The molecule has 0 heterocycles. The molecule has 1 aromatic carbocycles. The highest BCUT2D eigenvalue weighted by molar-refractivity contribution is 6.20. The van der Waals surface area contributed by atoms with Crippen LogP contribution in [0.5, 0.6) is 5.75 Å². The van der Waals surface area contributed by atoms with Crippen LogP contribution in [0.4, 0.5) is 4.39 Å². The van der Waals surface area contributed by atoms with Gasteiger partial charge >= 0.3 is 0 Å². The molecule has 0 saturated carbocycles. The zero-order valence-electron chi connectivity index (χ0n) is 10.7. The molecule has 1 N–H and O–H groups in total. The summed E-state index contributed by atoms with van der Waals surface area (Å²) in [5.41, 5.74) is 0.619. The van der Waals surface area contributed by atoms with Gasteiger partial charge in [-0.15, -0.1) is 11.6 Å². The second-order valence-electron chi connectivity index (χ2n) is 3.98. The minimum Gasteiger partial charge on any atom is -0.497 e. The highest BCUT2D eigenvalue weighted by Crippen LogP contribution is 2.15. The van der Waals surface area contributed by atoms with Crippen LogP contribution in [-0.4, -0.2) is 32.7 Å². The normalized spacial score (nSPS) is 12.4. The first-order valence-electron chi connectivity index (χ1n) is 5.83. The third kappa shape index (κ3) is 5.21. The molecular formula is C13H19ClFNO2. The van der Waals surface area contributed by atoms with Crippen LogP contribution in [0.2, 0.25) is 0 Å². The third-order valence-electron chi connectivity index (χ3n) is 2.56. The number of benzene rings is 1. The number of methoxy groups -OCH3 is 2. The maximum atomic E-state index is 13.6. The number of rotatable bonds is 8. The van der Waals surface area contributed by atoms with E-state index in [0.717, 1.165) is 13.0 Å². The van der Waals surface area contributed by atoms with Crippen LogP contribution in [0.1, 0.15) is 12.0 Å². The lowest BCUT2D eigenvalue weighted by molar-refractivity contribution is 0.195. The fourth-order valence-electron chi connectivity index (χ4n) is 1.54. The number of hydrogen-bond donors (Lipinski definition) is 1. The molecule has 0 aliphatic carbocycles. The topological polar surface area (TPSA) is 30.5 Å². The van der Waals surface area contributed by atoms with E-state index in [9.17, 15) is 4.39 Å². The van der Waals surface area contributed by atoms with Gasteiger partial charge in [0.25, 0.3) is 0 Å². The van der Waals surface area contributed by atoms with E-state index in [0.29, 0.717) is 24.5 Å². The summed E-state index contributed by atoms with van der Waals surface area (Å²) in [6.07, 6.45) is 0.785. The van der Waals surface area contributed by atoms with Crippen molar-refractivity contribution in [3.8, 4) is 5.75 Å². The Morgan fingerprint density at radius 1 is 1.39 bits per heavy atom. The number of ether oxygens (including phenoxy) is 2. The molecule has 0 saturated heterocycles. The summed E-state index contributed by atoms with van der Waals surface area (Å²) in [6, 6.07) is 4.84. The lowest BCUT2D eigenvalue weighted by Gasteiger charge is -2.10. The number of hydrogen-bond acceptors (Lipinski definition) is 3. The second kappa shape index (κ2) is 8.29. The van der Waals surface area contributed by atoms with Crippen LogP contribution in [0.3, 0.4) is 0 Å². The van der Waals surface area contributed by atoms with Crippen LogP contribution in [0, 0.1) is 5.82 Å². The van der Waals surface area contributed by atoms with Crippen molar-refractivity contribution in [2.24, 2.45) is 0 Å². The summed E-state index contributed by atoms with van der Waals surface area (Å²) >= 11 is 5.98. The van der Waals surface area contributed by atoms with E-state index in [1.807, 2.05) is 0 Å². The van der Waals surface area contributed by atoms with Crippen LogP contribution < -0.4 is 10.1 Å². The van der Waals surface area contributed by atoms with Gasteiger partial charge in [-0.25, -0.2) is 4.39 Å². The van der Waals surface area contributed by atoms with E-state index >= 15 is 0 Å². The van der Waals surface area contributed by atoms with Gasteiger partial charge in [0, 0.05) is 25.3 Å². The molecule has 0 aliphatic rings. The van der Waals surface area contributed by atoms with Crippen molar-refractivity contribution >= 4 is 11.6 Å². The molecular weight excluding hydrogens is 257 g/mol. The van der Waals surface area contributed by atoms with Crippen molar-refractivity contribution < 1.29 is 13.9 Å². The van der Waals surface area contributed by atoms with Crippen LogP contribution in [0.25, 0.3) is 0 Å². The lowest BCUT2D eigenvalue weighted by atomic mass is 10.2. The van der Waals surface area contributed by atoms with E-state index in [2.05, 4.69) is 5.32 Å². The van der Waals surface area contributed by atoms with E-state index < -0.39 is 0 Å². The zero-order chi connectivity index (χ0) is 13.4. The van der Waals surface area contributed by atoms with Crippen molar-refractivity contribution in [1.29, 1.82) is 0 Å². The first-order chi connectivity index (χ1) is 8.67. The van der Waals surface area contributed by atoms with Gasteiger partial charge in [0.05, 0.1) is 19.1 Å². The summed E-state index contributed by atoms with van der Waals surface area (Å²) < 4.78 is 23.4. The molecule has 1 rings (SSSR count). The molecule has 3 nitrogen and oxygen atoms in total. The second-order valence-corrected chi connectivity index (χ2v) is 4.59. The molecule has 0 fully saturated rings. The summed E-state index contributed by atoms with van der Waals surface area (Å²) in [4.78, 5) is 0. The molecule has 0 bridgehead atoms. The highest BCUT2D eigenvalue weighted by Gasteiger charge is 2.05. The maximum absolute atomic E-state index is 13.6. The molecule has 1 atom stereocenters. The fraction of sp³-hybridized carbons (Fsp3) is 0.538. The molecule has 18 heavy (non-hydrogen) atoms. The van der Waals surface area contributed by atoms with Crippen molar-refractivity contribution in [3.63, 3.8) is 0 Å². The standard InChI is InChI=1S/C13H19ClFNO2/c1-17-9-11(14)5-6-16-8-10-3-4-12(18-2)7-13(10)15/h3-4,7,11,16H,5-6,8-9H2,1-2H3. The van der Waals surface area contributed by atoms with E-state index in [1.165, 1.54) is 13.2 Å². The number of alkyl halides is 1. The molecule has 0 spiro atoms. The van der Waals surface area contributed by atoms with Crippen LogP contribution in [-0.2, 0) is 11.3 Å². The maximum Gasteiger partial charge on any atom is 0.131 e. The molecule has 0 radical (unpaired) electrons. The summed E-state index contributed by atoms with van der Waals surface area (Å²) in [7, 11) is 3.14. The van der Waals surface area contributed by atoms with E-state index in [-0.39, 0.29) is 11.2 Å². The van der Waals surface area contributed by atoms with E-state index in [1.54, 1.807) is 19.2 Å². The van der Waals surface area contributed by atoms with Gasteiger partial charge < -0.3 is 14.8 Å². The highest BCUT2D eigenvalue weighted by atomic mass is 35.5. The smallest absolute Gasteiger partial charge is 0.131 e. The molecule has 1 unspecified atom stereocenters. The van der Waals surface area contributed by atoms with Gasteiger partial charge in [0.15, 0.2) is 0 Å². The van der Waals surface area contributed by atoms with Gasteiger partial charge in [-0.2, -0.15) is 0 Å². The van der Waals surface area contributed by atoms with Gasteiger partial charge in [0.2, 0.25) is 0 Å². The van der Waals surface area contributed by atoms with Crippen LogP contribution >= 0.6 is 11.6 Å². The van der Waals surface area contributed by atoms with Gasteiger partial charge in [-0.05, 0) is 19.0 Å². The van der Waals surface area contributed by atoms with Gasteiger partial charge in [0.1, 0.15) is 11.6 Å². The van der Waals surface area contributed by atoms with Crippen molar-refractivity contribution in [3.05, 3.63) is 29.6 Å². The Kier molecular flexibility index (Phi) is 7.01. The van der Waals surface area contributed by atoms with Crippen LogP contribution in [0.15, 0.2) is 18.2 Å². The van der Waals surface area contributed by atoms with Gasteiger partial charge in [-0.3, -0.25) is 0 Å². The largest absolute Gasteiger partial charge is 0.497 e. The minimum atomic E-state index is -0.263. The van der Waals surface area contributed by atoms with E-state index in [4.69, 9.17) is 21.1 Å². The predicted octanol–water partition coefficient (Wildman–Crippen LogP) is 2.57. The molecule has 1 aromatic rings. The lowest BCUT2D eigenvalue weighted by Crippen LogP contribution is -2.20. The Morgan fingerprint density at radius 3 is 2.78 bits per heavy atom. The number of halogens is 2. The Bertz CT molecular complexity index is 363. The zero-order valence-corrected chi connectivity index (χ0v) is 11.5. The molecule has 0 aliphatic heterocycles. The minimum absolute atomic E-state index is 0.0109. The predicted molar refractivity (Wildman–Crippen MR) is 70.8 cm³/mol. The quantitative estimate of drug-likeness (QED) is 0.584. The Balaban J connectivity index is 2.31. The Morgan fingerprint density at radius 2 is 2.17 bits per heavy atom. The van der Waals surface area contributed by atoms with Crippen molar-refractivity contribution in [1.82, 2.24) is 5.32 Å². The molecule has 0 amide bonds. The fourth-order valence-corrected chi connectivity index (χ4v) is 1.78. The number of nitrogens with one attached hydrogen (secondary N) is 1. The van der Waals surface area contributed by atoms with Gasteiger partial charge in [-0.1, -0.05) is 6.07 Å². The summed E-state index contributed by atoms with van der Waals surface area (Å²) in [6.45, 7) is 1.73. The molecule has 0 aromatic heterocycles. The first kappa shape index (κ1) is 15.2. The SMILES string of the molecule is COCC(Cl)CCNCc1ccc(OC)cc1F. The first-order valence-corrected chi connectivity index (χ1v) is 6.27. The third-order valence-corrected chi connectivity index (χ3v) is 2.90. The monoisotopic (exact) mass is 275 g/mol. The van der Waals surface area contributed by atoms with Crippen molar-refractivity contribution in [2.75, 3.05) is 27.4 Å². The Labute approximate surface area is 112 Å². The summed E-state index contributed by atoms with van der Waals surface area (Å²) in [5.74, 6) is 0.262. The average molecular weight is 276 g/mol. The molecule has 102 valence electrons.